The Morgan fingerprint density at radius 1 is 1.40 bits per heavy atom. The molecule has 0 aliphatic heterocycles. The fourth-order valence-corrected chi connectivity index (χ4v) is 2.69. The molecule has 1 amide bonds. The summed E-state index contributed by atoms with van der Waals surface area (Å²) in [6.07, 6.45) is 3.37. The number of amides is 1. The van der Waals surface area contributed by atoms with Crippen LogP contribution in [0.4, 0.5) is 4.39 Å². The monoisotopic (exact) mass is 279 g/mol. The zero-order valence-electron chi connectivity index (χ0n) is 12.1. The van der Waals surface area contributed by atoms with Gasteiger partial charge in [0.05, 0.1) is 5.60 Å². The van der Waals surface area contributed by atoms with E-state index >= 15 is 0 Å². The van der Waals surface area contributed by atoms with Gasteiger partial charge in [0.1, 0.15) is 5.82 Å². The maximum atomic E-state index is 13.3. The number of aryl methyl sites for hydroxylation is 1. The highest BCUT2D eigenvalue weighted by molar-refractivity contribution is 5.94. The van der Waals surface area contributed by atoms with Gasteiger partial charge < -0.3 is 10.4 Å². The molecule has 2 rings (SSSR count). The first-order chi connectivity index (χ1) is 9.38. The van der Waals surface area contributed by atoms with E-state index in [4.69, 9.17) is 0 Å². The Kier molecular flexibility index (Phi) is 4.43. The third-order valence-electron chi connectivity index (χ3n) is 4.09. The van der Waals surface area contributed by atoms with Crippen molar-refractivity contribution in [3.63, 3.8) is 0 Å². The van der Waals surface area contributed by atoms with Crippen LogP contribution >= 0.6 is 0 Å². The van der Waals surface area contributed by atoms with E-state index in [0.717, 1.165) is 12.8 Å². The van der Waals surface area contributed by atoms with Crippen LogP contribution in [-0.2, 0) is 0 Å². The highest BCUT2D eigenvalue weighted by Gasteiger charge is 2.32. The van der Waals surface area contributed by atoms with Crippen LogP contribution in [0.5, 0.6) is 0 Å². The van der Waals surface area contributed by atoms with Crippen LogP contribution in [0.15, 0.2) is 18.2 Å². The maximum absolute atomic E-state index is 13.3. The molecule has 0 heterocycles. The summed E-state index contributed by atoms with van der Waals surface area (Å²) in [5, 5.41) is 13.1. The molecule has 2 N–H and O–H groups in total. The average Bonchev–Trinajstić information content (AvgIpc) is 2.39. The molecular weight excluding hydrogens is 257 g/mol. The quantitative estimate of drug-likeness (QED) is 0.894. The van der Waals surface area contributed by atoms with Crippen LogP contribution < -0.4 is 5.32 Å². The SMILES string of the molecule is Cc1cc(F)cc(C(=O)NCC2(O)CCC(C)CC2)c1. The number of halogens is 1. The Morgan fingerprint density at radius 2 is 2.05 bits per heavy atom. The van der Waals surface area contributed by atoms with Crippen molar-refractivity contribution in [2.75, 3.05) is 6.54 Å². The van der Waals surface area contributed by atoms with Gasteiger partial charge in [0, 0.05) is 12.1 Å². The van der Waals surface area contributed by atoms with Crippen LogP contribution in [0.1, 0.15) is 48.5 Å². The van der Waals surface area contributed by atoms with Crippen molar-refractivity contribution in [2.24, 2.45) is 5.92 Å². The Labute approximate surface area is 119 Å². The molecule has 0 aromatic heterocycles. The van der Waals surface area contributed by atoms with Gasteiger partial charge in [-0.2, -0.15) is 0 Å². The number of nitrogens with one attached hydrogen (secondary N) is 1. The van der Waals surface area contributed by atoms with Crippen molar-refractivity contribution in [3.05, 3.63) is 35.1 Å². The number of aliphatic hydroxyl groups is 1. The number of rotatable bonds is 3. The van der Waals surface area contributed by atoms with Gasteiger partial charge in [0.25, 0.3) is 5.91 Å². The van der Waals surface area contributed by atoms with Crippen molar-refractivity contribution in [1.82, 2.24) is 5.32 Å². The summed E-state index contributed by atoms with van der Waals surface area (Å²) in [5.74, 6) is -0.114. The van der Waals surface area contributed by atoms with E-state index in [-0.39, 0.29) is 12.5 Å². The third kappa shape index (κ3) is 3.79. The van der Waals surface area contributed by atoms with Gasteiger partial charge in [-0.15, -0.1) is 0 Å². The van der Waals surface area contributed by atoms with Crippen LogP contribution in [0.3, 0.4) is 0 Å². The Bertz CT molecular complexity index is 473. The second-order valence-electron chi connectivity index (χ2n) is 6.11. The van der Waals surface area contributed by atoms with Gasteiger partial charge in [0.15, 0.2) is 0 Å². The molecule has 1 fully saturated rings. The molecule has 1 saturated carbocycles. The number of hydrogen-bond acceptors (Lipinski definition) is 2. The standard InChI is InChI=1S/C16H22FNO2/c1-11-3-5-16(20,6-4-11)10-18-15(19)13-7-12(2)8-14(17)9-13/h7-9,11,20H,3-6,10H2,1-2H3,(H,18,19). The van der Waals surface area contributed by atoms with Crippen LogP contribution in [0.2, 0.25) is 0 Å². The summed E-state index contributed by atoms with van der Waals surface area (Å²) in [4.78, 5) is 12.0. The molecule has 1 aromatic carbocycles. The van der Waals surface area contributed by atoms with Gasteiger partial charge in [0.2, 0.25) is 0 Å². The highest BCUT2D eigenvalue weighted by Crippen LogP contribution is 2.31. The van der Waals surface area contributed by atoms with E-state index in [2.05, 4.69) is 12.2 Å². The largest absolute Gasteiger partial charge is 0.388 e. The fourth-order valence-electron chi connectivity index (χ4n) is 2.69. The highest BCUT2D eigenvalue weighted by atomic mass is 19.1. The average molecular weight is 279 g/mol. The van der Waals surface area contributed by atoms with E-state index in [9.17, 15) is 14.3 Å². The van der Waals surface area contributed by atoms with E-state index in [0.29, 0.717) is 29.9 Å². The molecule has 1 aliphatic rings. The summed E-state index contributed by atoms with van der Waals surface area (Å²) in [6.45, 7) is 4.15. The molecule has 1 aliphatic carbocycles. The number of carbonyl (C=O) groups is 1. The molecule has 0 atom stereocenters. The molecular formula is C16H22FNO2. The molecule has 110 valence electrons. The lowest BCUT2D eigenvalue weighted by Gasteiger charge is -2.34. The Morgan fingerprint density at radius 3 is 2.65 bits per heavy atom. The lowest BCUT2D eigenvalue weighted by Crippen LogP contribution is -2.45. The van der Waals surface area contributed by atoms with Gasteiger partial charge in [-0.3, -0.25) is 4.79 Å². The van der Waals surface area contributed by atoms with Gasteiger partial charge in [-0.25, -0.2) is 4.39 Å². The van der Waals surface area contributed by atoms with Crippen molar-refractivity contribution < 1.29 is 14.3 Å². The molecule has 0 unspecified atom stereocenters. The van der Waals surface area contributed by atoms with Gasteiger partial charge in [-0.05, 0) is 62.3 Å². The van der Waals surface area contributed by atoms with Crippen molar-refractivity contribution in [2.45, 2.75) is 45.1 Å². The summed E-state index contributed by atoms with van der Waals surface area (Å²) in [7, 11) is 0. The summed E-state index contributed by atoms with van der Waals surface area (Å²) in [6, 6.07) is 4.24. The predicted octanol–water partition coefficient (Wildman–Crippen LogP) is 2.81. The van der Waals surface area contributed by atoms with Crippen LogP contribution in [0.25, 0.3) is 0 Å². The molecule has 0 spiro atoms. The smallest absolute Gasteiger partial charge is 0.251 e. The zero-order chi connectivity index (χ0) is 14.8. The summed E-state index contributed by atoms with van der Waals surface area (Å²) < 4.78 is 13.3. The fraction of sp³-hybridized carbons (Fsp3) is 0.562. The molecule has 0 bridgehead atoms. The van der Waals surface area contributed by atoms with Crippen molar-refractivity contribution in [1.29, 1.82) is 0 Å². The van der Waals surface area contributed by atoms with Crippen molar-refractivity contribution in [3.8, 4) is 0 Å². The topological polar surface area (TPSA) is 49.3 Å². The molecule has 0 saturated heterocycles. The normalized spacial score (nSPS) is 26.3. The number of carbonyl (C=O) groups excluding carboxylic acids is 1. The minimum atomic E-state index is -0.815. The zero-order valence-corrected chi connectivity index (χ0v) is 12.1. The second kappa shape index (κ2) is 5.92. The summed E-state index contributed by atoms with van der Waals surface area (Å²) in [5.41, 5.74) is 0.195. The first kappa shape index (κ1) is 15.0. The minimum Gasteiger partial charge on any atom is -0.388 e. The first-order valence-corrected chi connectivity index (χ1v) is 7.16. The van der Waals surface area contributed by atoms with Crippen LogP contribution in [-0.4, -0.2) is 23.2 Å². The molecule has 4 heteroatoms. The van der Waals surface area contributed by atoms with Gasteiger partial charge >= 0.3 is 0 Å². The first-order valence-electron chi connectivity index (χ1n) is 7.16. The molecule has 0 radical (unpaired) electrons. The maximum Gasteiger partial charge on any atom is 0.251 e. The minimum absolute atomic E-state index is 0.230. The molecule has 20 heavy (non-hydrogen) atoms. The lowest BCUT2D eigenvalue weighted by atomic mass is 9.79. The van der Waals surface area contributed by atoms with Gasteiger partial charge in [-0.1, -0.05) is 6.92 Å². The number of hydrogen-bond donors (Lipinski definition) is 2. The van der Waals surface area contributed by atoms with Crippen molar-refractivity contribution >= 4 is 5.91 Å². The summed E-state index contributed by atoms with van der Waals surface area (Å²) >= 11 is 0. The van der Waals surface area contributed by atoms with E-state index in [1.807, 2.05) is 0 Å². The van der Waals surface area contributed by atoms with E-state index in [1.165, 1.54) is 12.1 Å². The Balaban J connectivity index is 1.95. The molecule has 3 nitrogen and oxygen atoms in total. The van der Waals surface area contributed by atoms with E-state index < -0.39 is 11.4 Å². The van der Waals surface area contributed by atoms with Crippen LogP contribution in [0, 0.1) is 18.7 Å². The predicted molar refractivity (Wildman–Crippen MR) is 76.1 cm³/mol. The lowest BCUT2D eigenvalue weighted by molar-refractivity contribution is -0.00540. The second-order valence-corrected chi connectivity index (χ2v) is 6.11. The van der Waals surface area contributed by atoms with E-state index in [1.54, 1.807) is 13.0 Å². The Hall–Kier alpha value is -1.42. The number of benzene rings is 1. The third-order valence-corrected chi connectivity index (χ3v) is 4.09. The molecule has 1 aromatic rings.